The van der Waals surface area contributed by atoms with Crippen LogP contribution in [0.25, 0.3) is 0 Å². The highest BCUT2D eigenvalue weighted by Crippen LogP contribution is 2.21. The summed E-state index contributed by atoms with van der Waals surface area (Å²) in [6.45, 7) is 7.27. The molecule has 1 aromatic carbocycles. The van der Waals surface area contributed by atoms with Crippen molar-refractivity contribution in [2.24, 2.45) is 0 Å². The monoisotopic (exact) mass is 387 g/mol. The summed E-state index contributed by atoms with van der Waals surface area (Å²) < 4.78 is 27.2. The standard InChI is InChI=1S/C20H25N3O3S/c1-15(2)17-7-9-18(10-8-17)27(25,26)23-13-11-22(12-14-23)20(24)19-6-4-5-16(3)21-19/h4-10,15H,11-14H2,1-3H3. The number of pyridine rings is 1. The fraction of sp³-hybridized carbons (Fsp3) is 0.400. The first kappa shape index (κ1) is 19.5. The molecule has 144 valence electrons. The number of aromatic nitrogens is 1. The van der Waals surface area contributed by atoms with E-state index in [-0.39, 0.29) is 19.0 Å². The largest absolute Gasteiger partial charge is 0.335 e. The van der Waals surface area contributed by atoms with Gasteiger partial charge in [0.1, 0.15) is 5.69 Å². The van der Waals surface area contributed by atoms with Gasteiger partial charge in [-0.25, -0.2) is 13.4 Å². The van der Waals surface area contributed by atoms with E-state index in [4.69, 9.17) is 0 Å². The highest BCUT2D eigenvalue weighted by molar-refractivity contribution is 7.89. The number of nitrogens with zero attached hydrogens (tertiary/aromatic N) is 3. The number of amides is 1. The fourth-order valence-electron chi connectivity index (χ4n) is 3.13. The Labute approximate surface area is 160 Å². The first-order chi connectivity index (χ1) is 12.8. The first-order valence-corrected chi connectivity index (χ1v) is 10.6. The lowest BCUT2D eigenvalue weighted by atomic mass is 10.0. The van der Waals surface area contributed by atoms with Gasteiger partial charge in [0.05, 0.1) is 4.90 Å². The number of benzene rings is 1. The molecule has 1 aliphatic rings. The normalized spacial score (nSPS) is 15.9. The van der Waals surface area contributed by atoms with E-state index >= 15 is 0 Å². The second-order valence-electron chi connectivity index (χ2n) is 7.08. The van der Waals surface area contributed by atoms with Crippen LogP contribution >= 0.6 is 0 Å². The van der Waals surface area contributed by atoms with Crippen LogP contribution in [0.4, 0.5) is 0 Å². The third-order valence-electron chi connectivity index (χ3n) is 4.82. The summed E-state index contributed by atoms with van der Waals surface area (Å²) in [6.07, 6.45) is 0. The predicted molar refractivity (Wildman–Crippen MR) is 104 cm³/mol. The van der Waals surface area contributed by atoms with Gasteiger partial charge in [0.15, 0.2) is 0 Å². The van der Waals surface area contributed by atoms with Crippen LogP contribution in [0, 0.1) is 6.92 Å². The van der Waals surface area contributed by atoms with Crippen LogP contribution in [0.2, 0.25) is 0 Å². The molecule has 0 spiro atoms. The van der Waals surface area contributed by atoms with E-state index in [2.05, 4.69) is 18.8 Å². The molecule has 1 amide bonds. The molecule has 1 aliphatic heterocycles. The van der Waals surface area contributed by atoms with E-state index in [1.807, 2.05) is 25.1 Å². The Bertz CT molecular complexity index is 916. The molecule has 2 heterocycles. The van der Waals surface area contributed by atoms with Gasteiger partial charge in [-0.2, -0.15) is 4.31 Å². The molecule has 0 N–H and O–H groups in total. The van der Waals surface area contributed by atoms with Gasteiger partial charge in [-0.3, -0.25) is 4.79 Å². The average molecular weight is 388 g/mol. The van der Waals surface area contributed by atoms with Crippen molar-refractivity contribution >= 4 is 15.9 Å². The number of rotatable bonds is 4. The van der Waals surface area contributed by atoms with Gasteiger partial charge >= 0.3 is 0 Å². The van der Waals surface area contributed by atoms with Crippen molar-refractivity contribution in [3.63, 3.8) is 0 Å². The number of piperazine rings is 1. The zero-order valence-electron chi connectivity index (χ0n) is 15.9. The molecule has 2 aromatic rings. The summed E-state index contributed by atoms with van der Waals surface area (Å²) >= 11 is 0. The van der Waals surface area contributed by atoms with Crippen LogP contribution in [0.3, 0.4) is 0 Å². The highest BCUT2D eigenvalue weighted by Gasteiger charge is 2.30. The summed E-state index contributed by atoms with van der Waals surface area (Å²) in [6, 6.07) is 12.4. The van der Waals surface area contributed by atoms with E-state index in [1.54, 1.807) is 29.2 Å². The summed E-state index contributed by atoms with van der Waals surface area (Å²) in [5.41, 5.74) is 2.29. The Balaban J connectivity index is 1.68. The molecule has 7 heteroatoms. The number of carbonyl (C=O) groups is 1. The molecular formula is C20H25N3O3S. The molecule has 0 atom stereocenters. The molecule has 0 aliphatic carbocycles. The number of hydrogen-bond acceptors (Lipinski definition) is 4. The lowest BCUT2D eigenvalue weighted by molar-refractivity contribution is 0.0691. The number of hydrogen-bond donors (Lipinski definition) is 0. The maximum Gasteiger partial charge on any atom is 0.272 e. The van der Waals surface area contributed by atoms with Crippen molar-refractivity contribution in [1.82, 2.24) is 14.2 Å². The minimum atomic E-state index is -3.55. The quantitative estimate of drug-likeness (QED) is 0.809. The van der Waals surface area contributed by atoms with E-state index in [1.165, 1.54) is 4.31 Å². The van der Waals surface area contributed by atoms with Gasteiger partial charge in [-0.1, -0.05) is 32.0 Å². The minimum Gasteiger partial charge on any atom is -0.335 e. The molecule has 1 saturated heterocycles. The van der Waals surface area contributed by atoms with Crippen LogP contribution < -0.4 is 0 Å². The minimum absolute atomic E-state index is 0.156. The third kappa shape index (κ3) is 4.20. The number of carbonyl (C=O) groups excluding carboxylic acids is 1. The van der Waals surface area contributed by atoms with Crippen molar-refractivity contribution in [2.75, 3.05) is 26.2 Å². The molecule has 27 heavy (non-hydrogen) atoms. The van der Waals surface area contributed by atoms with Gasteiger partial charge in [-0.05, 0) is 42.7 Å². The second kappa shape index (κ2) is 7.78. The molecular weight excluding hydrogens is 362 g/mol. The SMILES string of the molecule is Cc1cccc(C(=O)N2CCN(S(=O)(=O)c3ccc(C(C)C)cc3)CC2)n1. The molecule has 0 unspecified atom stereocenters. The van der Waals surface area contributed by atoms with Crippen LogP contribution in [-0.2, 0) is 10.0 Å². The van der Waals surface area contributed by atoms with Gasteiger partial charge in [0, 0.05) is 31.9 Å². The topological polar surface area (TPSA) is 70.6 Å². The van der Waals surface area contributed by atoms with Gasteiger partial charge in [0.25, 0.3) is 5.91 Å². The Kier molecular flexibility index (Phi) is 5.62. The Morgan fingerprint density at radius 2 is 1.63 bits per heavy atom. The lowest BCUT2D eigenvalue weighted by Crippen LogP contribution is -2.50. The number of aryl methyl sites for hydroxylation is 1. The fourth-order valence-corrected chi connectivity index (χ4v) is 4.55. The maximum absolute atomic E-state index is 12.9. The zero-order valence-corrected chi connectivity index (χ0v) is 16.7. The Hall–Kier alpha value is -2.25. The van der Waals surface area contributed by atoms with Gasteiger partial charge < -0.3 is 4.90 Å². The highest BCUT2D eigenvalue weighted by atomic mass is 32.2. The molecule has 1 fully saturated rings. The molecule has 0 saturated carbocycles. The van der Waals surface area contributed by atoms with Crippen molar-refractivity contribution in [2.45, 2.75) is 31.6 Å². The van der Waals surface area contributed by atoms with Crippen molar-refractivity contribution in [3.8, 4) is 0 Å². The summed E-state index contributed by atoms with van der Waals surface area (Å²) in [5, 5.41) is 0. The maximum atomic E-state index is 12.9. The van der Waals surface area contributed by atoms with E-state index in [0.717, 1.165) is 11.3 Å². The smallest absolute Gasteiger partial charge is 0.272 e. The van der Waals surface area contributed by atoms with Crippen molar-refractivity contribution in [3.05, 3.63) is 59.4 Å². The Morgan fingerprint density at radius 3 is 2.19 bits per heavy atom. The molecule has 0 bridgehead atoms. The molecule has 0 radical (unpaired) electrons. The number of sulfonamides is 1. The van der Waals surface area contributed by atoms with Crippen LogP contribution in [0.15, 0.2) is 47.4 Å². The van der Waals surface area contributed by atoms with Crippen molar-refractivity contribution in [1.29, 1.82) is 0 Å². The molecule has 1 aromatic heterocycles. The third-order valence-corrected chi connectivity index (χ3v) is 6.73. The molecule has 6 nitrogen and oxygen atoms in total. The van der Waals surface area contributed by atoms with Gasteiger partial charge in [0.2, 0.25) is 10.0 Å². The average Bonchev–Trinajstić information content (AvgIpc) is 2.67. The van der Waals surface area contributed by atoms with E-state index < -0.39 is 10.0 Å². The first-order valence-electron chi connectivity index (χ1n) is 9.12. The van der Waals surface area contributed by atoms with Crippen molar-refractivity contribution < 1.29 is 13.2 Å². The molecule has 3 rings (SSSR count). The second-order valence-corrected chi connectivity index (χ2v) is 9.02. The Morgan fingerprint density at radius 1 is 1.00 bits per heavy atom. The van der Waals surface area contributed by atoms with Crippen LogP contribution in [0.1, 0.15) is 41.5 Å². The van der Waals surface area contributed by atoms with E-state index in [9.17, 15) is 13.2 Å². The van der Waals surface area contributed by atoms with Gasteiger partial charge in [-0.15, -0.1) is 0 Å². The summed E-state index contributed by atoms with van der Waals surface area (Å²) in [4.78, 5) is 18.8. The summed E-state index contributed by atoms with van der Waals surface area (Å²) in [5.74, 6) is 0.198. The lowest BCUT2D eigenvalue weighted by Gasteiger charge is -2.33. The van der Waals surface area contributed by atoms with Crippen LogP contribution in [-0.4, -0.2) is 54.7 Å². The predicted octanol–water partition coefficient (Wildman–Crippen LogP) is 2.66. The summed E-state index contributed by atoms with van der Waals surface area (Å²) in [7, 11) is -3.55. The zero-order chi connectivity index (χ0) is 19.6. The van der Waals surface area contributed by atoms with E-state index in [0.29, 0.717) is 29.6 Å². The van der Waals surface area contributed by atoms with Crippen LogP contribution in [0.5, 0.6) is 0 Å².